The first kappa shape index (κ1) is 8.65. The first-order valence-electron chi connectivity index (χ1n) is 4.45. The lowest BCUT2D eigenvalue weighted by Gasteiger charge is -2.36. The van der Waals surface area contributed by atoms with E-state index < -0.39 is 0 Å². The van der Waals surface area contributed by atoms with E-state index in [1.54, 1.807) is 0 Å². The van der Waals surface area contributed by atoms with E-state index in [2.05, 4.69) is 32.2 Å². The summed E-state index contributed by atoms with van der Waals surface area (Å²) in [5, 5.41) is 10.9. The van der Waals surface area contributed by atoms with E-state index in [9.17, 15) is 0 Å². The molecule has 13 heavy (non-hydrogen) atoms. The van der Waals surface area contributed by atoms with Gasteiger partial charge in [0.15, 0.2) is 0 Å². The third kappa shape index (κ3) is 1.87. The zero-order valence-electron chi connectivity index (χ0n) is 7.95. The van der Waals surface area contributed by atoms with Crippen LogP contribution in [0.5, 0.6) is 0 Å². The summed E-state index contributed by atoms with van der Waals surface area (Å²) in [7, 11) is 2.11. The first-order chi connectivity index (χ1) is 6.25. The van der Waals surface area contributed by atoms with Crippen LogP contribution < -0.4 is 5.32 Å². The minimum atomic E-state index is 0.598. The molecule has 1 N–H and O–H groups in total. The van der Waals surface area contributed by atoms with Crippen LogP contribution in [0.4, 0.5) is 0 Å². The molecule has 1 aromatic rings. The van der Waals surface area contributed by atoms with E-state index in [4.69, 9.17) is 0 Å². The van der Waals surface area contributed by atoms with Gasteiger partial charge in [0.05, 0.1) is 0 Å². The maximum Gasteiger partial charge on any atom is 0.121 e. The summed E-state index contributed by atoms with van der Waals surface area (Å²) in [4.78, 5) is 2.27. The fourth-order valence-electron chi connectivity index (χ4n) is 1.48. The highest BCUT2D eigenvalue weighted by atomic mass is 16.6. The van der Waals surface area contributed by atoms with Crippen molar-refractivity contribution in [1.82, 2.24) is 20.5 Å². The van der Waals surface area contributed by atoms with Gasteiger partial charge in [-0.15, -0.1) is 0 Å². The predicted octanol–water partition coefficient (Wildman–Crippen LogP) is -0.218. The standard InChI is InChI=1S/C8H14N4O/c1-6-8(11-13-10-6)3-9-7-4-12(2)5-7/h7,9H,3-5H2,1-2H3. The van der Waals surface area contributed by atoms with Crippen LogP contribution >= 0.6 is 0 Å². The van der Waals surface area contributed by atoms with Gasteiger partial charge in [-0.2, -0.15) is 0 Å². The molecule has 0 spiro atoms. The number of likely N-dealkylation sites (N-methyl/N-ethyl adjacent to an activating group) is 1. The molecular formula is C8H14N4O. The molecule has 1 fully saturated rings. The van der Waals surface area contributed by atoms with Crippen molar-refractivity contribution >= 4 is 0 Å². The molecule has 1 aromatic heterocycles. The molecule has 72 valence electrons. The third-order valence-electron chi connectivity index (χ3n) is 2.37. The summed E-state index contributed by atoms with van der Waals surface area (Å²) in [6, 6.07) is 0.598. The van der Waals surface area contributed by atoms with Crippen LogP contribution in [0.25, 0.3) is 0 Å². The first-order valence-corrected chi connectivity index (χ1v) is 4.45. The number of rotatable bonds is 3. The van der Waals surface area contributed by atoms with Crippen molar-refractivity contribution in [2.24, 2.45) is 0 Å². The Morgan fingerprint density at radius 2 is 2.31 bits per heavy atom. The Bertz CT molecular complexity index is 279. The quantitative estimate of drug-likeness (QED) is 0.700. The molecule has 0 atom stereocenters. The minimum Gasteiger partial charge on any atom is -0.306 e. The fraction of sp³-hybridized carbons (Fsp3) is 0.750. The molecule has 2 heterocycles. The van der Waals surface area contributed by atoms with Crippen molar-refractivity contribution in [3.63, 3.8) is 0 Å². The zero-order chi connectivity index (χ0) is 9.26. The Hall–Kier alpha value is -0.940. The van der Waals surface area contributed by atoms with Gasteiger partial charge in [0, 0.05) is 25.7 Å². The molecular weight excluding hydrogens is 168 g/mol. The third-order valence-corrected chi connectivity index (χ3v) is 2.37. The SMILES string of the molecule is Cc1nonc1CNC1CN(C)C1. The van der Waals surface area contributed by atoms with E-state index in [1.165, 1.54) is 0 Å². The average Bonchev–Trinajstić information content (AvgIpc) is 2.43. The number of aromatic nitrogens is 2. The van der Waals surface area contributed by atoms with Gasteiger partial charge < -0.3 is 10.2 Å². The average molecular weight is 182 g/mol. The Balaban J connectivity index is 1.77. The molecule has 0 aromatic carbocycles. The second-order valence-electron chi connectivity index (χ2n) is 3.60. The van der Waals surface area contributed by atoms with Crippen LogP contribution in [0, 0.1) is 6.92 Å². The van der Waals surface area contributed by atoms with Crippen molar-refractivity contribution in [2.45, 2.75) is 19.5 Å². The van der Waals surface area contributed by atoms with E-state index in [-0.39, 0.29) is 0 Å². The Morgan fingerprint density at radius 3 is 2.85 bits per heavy atom. The molecule has 0 unspecified atom stereocenters. The van der Waals surface area contributed by atoms with E-state index in [1.807, 2.05) is 6.92 Å². The van der Waals surface area contributed by atoms with Gasteiger partial charge in [0.25, 0.3) is 0 Å². The molecule has 1 aliphatic heterocycles. The van der Waals surface area contributed by atoms with Crippen molar-refractivity contribution in [2.75, 3.05) is 20.1 Å². The van der Waals surface area contributed by atoms with Gasteiger partial charge in [-0.05, 0) is 14.0 Å². The second-order valence-corrected chi connectivity index (χ2v) is 3.60. The number of aryl methyl sites for hydroxylation is 1. The van der Waals surface area contributed by atoms with Crippen molar-refractivity contribution in [3.8, 4) is 0 Å². The molecule has 0 radical (unpaired) electrons. The number of likely N-dealkylation sites (tertiary alicyclic amines) is 1. The topological polar surface area (TPSA) is 54.2 Å². The molecule has 5 heteroatoms. The molecule has 1 aliphatic rings. The van der Waals surface area contributed by atoms with Crippen molar-refractivity contribution < 1.29 is 4.63 Å². The maximum atomic E-state index is 4.60. The lowest BCUT2D eigenvalue weighted by molar-refractivity contribution is 0.160. The highest BCUT2D eigenvalue weighted by Crippen LogP contribution is 2.06. The fourth-order valence-corrected chi connectivity index (χ4v) is 1.48. The summed E-state index contributed by atoms with van der Waals surface area (Å²) in [6.07, 6.45) is 0. The molecule has 0 saturated carbocycles. The van der Waals surface area contributed by atoms with Gasteiger partial charge in [0.1, 0.15) is 11.4 Å². The number of hydrogen-bond acceptors (Lipinski definition) is 5. The second kappa shape index (κ2) is 3.43. The van der Waals surface area contributed by atoms with Crippen LogP contribution in [0.15, 0.2) is 4.63 Å². The van der Waals surface area contributed by atoms with Crippen molar-refractivity contribution in [3.05, 3.63) is 11.4 Å². The summed E-state index contributed by atoms with van der Waals surface area (Å²) in [6.45, 7) is 4.89. The lowest BCUT2D eigenvalue weighted by Crippen LogP contribution is -2.55. The van der Waals surface area contributed by atoms with Crippen LogP contribution in [0.3, 0.4) is 0 Å². The van der Waals surface area contributed by atoms with Gasteiger partial charge in [0.2, 0.25) is 0 Å². The summed E-state index contributed by atoms with van der Waals surface area (Å²) < 4.78 is 4.60. The highest BCUT2D eigenvalue weighted by Gasteiger charge is 2.22. The number of nitrogens with zero attached hydrogens (tertiary/aromatic N) is 3. The van der Waals surface area contributed by atoms with Gasteiger partial charge >= 0.3 is 0 Å². The van der Waals surface area contributed by atoms with Crippen LogP contribution in [-0.4, -0.2) is 41.4 Å². The molecule has 5 nitrogen and oxygen atoms in total. The molecule has 0 bridgehead atoms. The van der Waals surface area contributed by atoms with E-state index >= 15 is 0 Å². The van der Waals surface area contributed by atoms with E-state index in [0.717, 1.165) is 31.0 Å². The van der Waals surface area contributed by atoms with Gasteiger partial charge in [-0.25, -0.2) is 4.63 Å². The molecule has 0 amide bonds. The van der Waals surface area contributed by atoms with Crippen LogP contribution in [-0.2, 0) is 6.54 Å². The zero-order valence-corrected chi connectivity index (χ0v) is 7.95. The summed E-state index contributed by atoms with van der Waals surface area (Å²) in [5.41, 5.74) is 1.79. The highest BCUT2D eigenvalue weighted by molar-refractivity contribution is 5.04. The van der Waals surface area contributed by atoms with E-state index in [0.29, 0.717) is 6.04 Å². The van der Waals surface area contributed by atoms with Crippen molar-refractivity contribution in [1.29, 1.82) is 0 Å². The monoisotopic (exact) mass is 182 g/mol. The van der Waals surface area contributed by atoms with Gasteiger partial charge in [-0.1, -0.05) is 10.3 Å². The van der Waals surface area contributed by atoms with Crippen LogP contribution in [0.2, 0.25) is 0 Å². The maximum absolute atomic E-state index is 4.60. The van der Waals surface area contributed by atoms with Gasteiger partial charge in [-0.3, -0.25) is 0 Å². The van der Waals surface area contributed by atoms with Crippen LogP contribution in [0.1, 0.15) is 11.4 Å². The lowest BCUT2D eigenvalue weighted by atomic mass is 10.1. The Morgan fingerprint density at radius 1 is 1.54 bits per heavy atom. The molecule has 0 aliphatic carbocycles. The molecule has 1 saturated heterocycles. The number of hydrogen-bond donors (Lipinski definition) is 1. The normalized spacial score (nSPS) is 18.9. The molecule has 2 rings (SSSR count). The summed E-state index contributed by atoms with van der Waals surface area (Å²) >= 11 is 0. The smallest absolute Gasteiger partial charge is 0.121 e. The number of nitrogens with one attached hydrogen (secondary N) is 1. The Kier molecular flexibility index (Phi) is 2.28. The summed E-state index contributed by atoms with van der Waals surface area (Å²) in [5.74, 6) is 0. The minimum absolute atomic E-state index is 0.598. The largest absolute Gasteiger partial charge is 0.306 e. The Labute approximate surface area is 77.1 Å². The predicted molar refractivity (Wildman–Crippen MR) is 47.2 cm³/mol.